The second-order valence-corrected chi connectivity index (χ2v) is 5.62. The zero-order chi connectivity index (χ0) is 16.8. The Labute approximate surface area is 140 Å². The molecule has 1 N–H and O–H groups in total. The summed E-state index contributed by atoms with van der Waals surface area (Å²) in [5.41, 5.74) is 1.53. The fourth-order valence-electron chi connectivity index (χ4n) is 2.01. The molecule has 0 bridgehead atoms. The van der Waals surface area contributed by atoms with Crippen LogP contribution in [0.5, 0.6) is 5.75 Å². The Balaban J connectivity index is 1.88. The molecule has 0 fully saturated rings. The minimum absolute atomic E-state index is 0.0103. The molecule has 0 unspecified atom stereocenters. The van der Waals surface area contributed by atoms with E-state index >= 15 is 0 Å². The van der Waals surface area contributed by atoms with Crippen molar-refractivity contribution in [2.24, 2.45) is 0 Å². The van der Waals surface area contributed by atoms with E-state index in [1.54, 1.807) is 43.3 Å². The molecule has 0 radical (unpaired) electrons. The zero-order valence-electron chi connectivity index (χ0n) is 13.0. The van der Waals surface area contributed by atoms with Crippen molar-refractivity contribution in [2.45, 2.75) is 26.5 Å². The van der Waals surface area contributed by atoms with Gasteiger partial charge >= 0.3 is 0 Å². The molecule has 1 amide bonds. The van der Waals surface area contributed by atoms with Crippen LogP contribution in [0.1, 0.15) is 29.8 Å². The topological polar surface area (TPSA) is 55.4 Å². The summed E-state index contributed by atoms with van der Waals surface area (Å²) < 4.78 is 5.57. The van der Waals surface area contributed by atoms with Crippen LogP contribution < -0.4 is 10.1 Å². The van der Waals surface area contributed by atoms with Crippen molar-refractivity contribution in [1.82, 2.24) is 5.32 Å². The van der Waals surface area contributed by atoms with E-state index in [4.69, 9.17) is 16.3 Å². The van der Waals surface area contributed by atoms with Crippen molar-refractivity contribution in [3.63, 3.8) is 0 Å². The third-order valence-corrected chi connectivity index (χ3v) is 3.53. The van der Waals surface area contributed by atoms with Gasteiger partial charge in [0.25, 0.3) is 5.91 Å². The summed E-state index contributed by atoms with van der Waals surface area (Å²) in [5, 5.41) is 3.43. The molecule has 4 nitrogen and oxygen atoms in total. The van der Waals surface area contributed by atoms with Crippen molar-refractivity contribution in [2.75, 3.05) is 0 Å². The van der Waals surface area contributed by atoms with Crippen LogP contribution in [0, 0.1) is 0 Å². The van der Waals surface area contributed by atoms with Crippen molar-refractivity contribution in [1.29, 1.82) is 0 Å². The maximum atomic E-state index is 12.1. The van der Waals surface area contributed by atoms with Crippen molar-refractivity contribution >= 4 is 23.3 Å². The summed E-state index contributed by atoms with van der Waals surface area (Å²) in [7, 11) is 0. The lowest BCUT2D eigenvalue weighted by molar-refractivity contribution is -0.127. The number of rotatable bonds is 6. The van der Waals surface area contributed by atoms with E-state index in [2.05, 4.69) is 5.32 Å². The maximum absolute atomic E-state index is 12.1. The third kappa shape index (κ3) is 5.11. The molecule has 0 aliphatic carbocycles. The molecule has 0 saturated heterocycles. The van der Waals surface area contributed by atoms with Crippen molar-refractivity contribution in [3.8, 4) is 5.75 Å². The van der Waals surface area contributed by atoms with Crippen LogP contribution >= 0.6 is 11.6 Å². The molecular weight excluding hydrogens is 314 g/mol. The first kappa shape index (κ1) is 17.0. The molecule has 2 aromatic carbocycles. The number of nitrogens with one attached hydrogen (secondary N) is 1. The number of halogens is 1. The molecule has 5 heteroatoms. The van der Waals surface area contributed by atoms with Crippen LogP contribution in [0.15, 0.2) is 48.5 Å². The summed E-state index contributed by atoms with van der Waals surface area (Å²) in [4.78, 5) is 23.3. The number of amides is 1. The van der Waals surface area contributed by atoms with Crippen LogP contribution in [-0.4, -0.2) is 17.8 Å². The van der Waals surface area contributed by atoms with Crippen LogP contribution in [0.4, 0.5) is 0 Å². The quantitative estimate of drug-likeness (QED) is 0.822. The Morgan fingerprint density at radius 3 is 2.48 bits per heavy atom. The highest BCUT2D eigenvalue weighted by atomic mass is 35.5. The molecule has 120 valence electrons. The minimum Gasteiger partial charge on any atom is -0.481 e. The fraction of sp³-hybridized carbons (Fsp3) is 0.222. The van der Waals surface area contributed by atoms with Gasteiger partial charge in [0.2, 0.25) is 0 Å². The Hall–Kier alpha value is -2.33. The standard InChI is InChI=1S/C18H18ClNO3/c1-12(21)15-6-8-17(9-7-15)23-13(2)18(22)20-11-14-4-3-5-16(19)10-14/h3-10,13H,11H2,1-2H3,(H,20,22)/t13-/m0/s1. The lowest BCUT2D eigenvalue weighted by Gasteiger charge is -2.15. The molecule has 0 heterocycles. The van der Waals surface area contributed by atoms with Gasteiger partial charge in [-0.3, -0.25) is 9.59 Å². The number of ketones is 1. The first-order valence-corrected chi connectivity index (χ1v) is 7.63. The second-order valence-electron chi connectivity index (χ2n) is 5.19. The van der Waals surface area contributed by atoms with E-state index in [1.165, 1.54) is 6.92 Å². The predicted molar refractivity (Wildman–Crippen MR) is 89.8 cm³/mol. The first-order chi connectivity index (χ1) is 11.0. The number of ether oxygens (including phenoxy) is 1. The molecule has 0 aromatic heterocycles. The molecule has 0 aliphatic rings. The highest BCUT2D eigenvalue weighted by molar-refractivity contribution is 6.30. The Morgan fingerprint density at radius 1 is 1.17 bits per heavy atom. The molecule has 1 atom stereocenters. The van der Waals surface area contributed by atoms with E-state index in [-0.39, 0.29) is 11.7 Å². The van der Waals surface area contributed by atoms with Crippen molar-refractivity contribution < 1.29 is 14.3 Å². The first-order valence-electron chi connectivity index (χ1n) is 7.25. The highest BCUT2D eigenvalue weighted by Crippen LogP contribution is 2.15. The van der Waals surface area contributed by atoms with Gasteiger partial charge in [0.1, 0.15) is 5.75 Å². The smallest absolute Gasteiger partial charge is 0.261 e. The summed E-state index contributed by atoms with van der Waals surface area (Å²) in [6.07, 6.45) is -0.641. The number of carbonyl (C=O) groups is 2. The van der Waals surface area contributed by atoms with E-state index in [0.29, 0.717) is 22.9 Å². The molecule has 0 spiro atoms. The summed E-state index contributed by atoms with van der Waals surface area (Å²) >= 11 is 5.90. The molecule has 23 heavy (non-hydrogen) atoms. The van der Waals surface area contributed by atoms with Crippen LogP contribution in [0.3, 0.4) is 0 Å². The van der Waals surface area contributed by atoms with Gasteiger partial charge in [-0.2, -0.15) is 0 Å². The fourth-order valence-corrected chi connectivity index (χ4v) is 2.22. The van der Waals surface area contributed by atoms with Crippen LogP contribution in [0.2, 0.25) is 5.02 Å². The monoisotopic (exact) mass is 331 g/mol. The highest BCUT2D eigenvalue weighted by Gasteiger charge is 2.14. The van der Waals surface area contributed by atoms with E-state index in [9.17, 15) is 9.59 Å². The van der Waals surface area contributed by atoms with Crippen LogP contribution in [0.25, 0.3) is 0 Å². The van der Waals surface area contributed by atoms with Gasteiger partial charge in [-0.1, -0.05) is 23.7 Å². The minimum atomic E-state index is -0.641. The lowest BCUT2D eigenvalue weighted by Crippen LogP contribution is -2.35. The summed E-state index contributed by atoms with van der Waals surface area (Å²) in [6, 6.07) is 14.0. The van der Waals surface area contributed by atoms with Crippen LogP contribution in [-0.2, 0) is 11.3 Å². The number of hydrogen-bond donors (Lipinski definition) is 1. The van der Waals surface area contributed by atoms with Gasteiger partial charge in [-0.05, 0) is 55.8 Å². The summed E-state index contributed by atoms with van der Waals surface area (Å²) in [6.45, 7) is 3.56. The van der Waals surface area contributed by atoms with E-state index < -0.39 is 6.10 Å². The molecule has 0 aliphatic heterocycles. The Bertz CT molecular complexity index is 698. The number of hydrogen-bond acceptors (Lipinski definition) is 3. The predicted octanol–water partition coefficient (Wildman–Crippen LogP) is 3.63. The molecule has 0 saturated carbocycles. The van der Waals surface area contributed by atoms with Gasteiger partial charge in [0, 0.05) is 17.1 Å². The lowest BCUT2D eigenvalue weighted by atomic mass is 10.1. The van der Waals surface area contributed by atoms with Gasteiger partial charge in [-0.25, -0.2) is 0 Å². The maximum Gasteiger partial charge on any atom is 0.261 e. The van der Waals surface area contributed by atoms with Gasteiger partial charge in [-0.15, -0.1) is 0 Å². The average Bonchev–Trinajstić information content (AvgIpc) is 2.53. The van der Waals surface area contributed by atoms with Gasteiger partial charge in [0.05, 0.1) is 0 Å². The Kier molecular flexibility index (Phi) is 5.77. The van der Waals surface area contributed by atoms with Gasteiger partial charge < -0.3 is 10.1 Å². The number of Topliss-reactive ketones (excluding diaryl/α,β-unsaturated/α-hetero) is 1. The molecule has 2 aromatic rings. The largest absolute Gasteiger partial charge is 0.481 e. The molecule has 2 rings (SSSR count). The van der Waals surface area contributed by atoms with E-state index in [0.717, 1.165) is 5.56 Å². The number of carbonyl (C=O) groups excluding carboxylic acids is 2. The second kappa shape index (κ2) is 7.79. The van der Waals surface area contributed by atoms with Crippen molar-refractivity contribution in [3.05, 3.63) is 64.7 Å². The average molecular weight is 332 g/mol. The summed E-state index contributed by atoms with van der Waals surface area (Å²) in [5.74, 6) is 0.310. The SMILES string of the molecule is CC(=O)c1ccc(O[C@@H](C)C(=O)NCc2cccc(Cl)c2)cc1. The zero-order valence-corrected chi connectivity index (χ0v) is 13.8. The van der Waals surface area contributed by atoms with Gasteiger partial charge in [0.15, 0.2) is 11.9 Å². The molecular formula is C18H18ClNO3. The normalized spacial score (nSPS) is 11.6. The Morgan fingerprint density at radius 2 is 1.87 bits per heavy atom. The number of benzene rings is 2. The third-order valence-electron chi connectivity index (χ3n) is 3.30. The van der Waals surface area contributed by atoms with E-state index in [1.807, 2.05) is 12.1 Å².